The highest BCUT2D eigenvalue weighted by Crippen LogP contribution is 2.13. The molecule has 0 aromatic heterocycles. The maximum absolute atomic E-state index is 10.6. The summed E-state index contributed by atoms with van der Waals surface area (Å²) in [5.41, 5.74) is 11.5. The van der Waals surface area contributed by atoms with Crippen molar-refractivity contribution in [3.05, 3.63) is 29.8 Å². The minimum Gasteiger partial charge on any atom is -0.389 e. The number of hydrogen-bond donors (Lipinski definition) is 3. The molecule has 0 saturated heterocycles. The van der Waals surface area contributed by atoms with Crippen molar-refractivity contribution < 1.29 is 4.79 Å². The number of carbonyl (C=O) groups excluding carboxylic acids is 1. The lowest BCUT2D eigenvalue weighted by Crippen LogP contribution is -2.22. The summed E-state index contributed by atoms with van der Waals surface area (Å²) < 4.78 is 0. The second kappa shape index (κ2) is 3.86. The van der Waals surface area contributed by atoms with E-state index in [2.05, 4.69) is 5.32 Å². The first kappa shape index (κ1) is 9.47. The summed E-state index contributed by atoms with van der Waals surface area (Å²) in [5.74, 6) is 0. The van der Waals surface area contributed by atoms with Crippen molar-refractivity contribution in [2.45, 2.75) is 0 Å². The summed E-state index contributed by atoms with van der Waals surface area (Å²) in [6.07, 6.45) is 0. The lowest BCUT2D eigenvalue weighted by atomic mass is 10.2. The van der Waals surface area contributed by atoms with Crippen LogP contribution in [0.2, 0.25) is 0 Å². The summed E-state index contributed by atoms with van der Waals surface area (Å²) in [7, 11) is 0. The lowest BCUT2D eigenvalue weighted by molar-refractivity contribution is 0.259. The highest BCUT2D eigenvalue weighted by atomic mass is 32.1. The molecule has 0 bridgehead atoms. The van der Waals surface area contributed by atoms with E-state index in [0.29, 0.717) is 11.3 Å². The van der Waals surface area contributed by atoms with Crippen LogP contribution in [0.25, 0.3) is 0 Å². The zero-order valence-corrected chi connectivity index (χ0v) is 7.60. The molecule has 0 spiro atoms. The SMILES string of the molecule is NC(=O)Nc1ccccc1C(N)=S. The molecule has 1 rings (SSSR count). The zero-order valence-electron chi connectivity index (χ0n) is 6.78. The average molecular weight is 195 g/mol. The lowest BCUT2D eigenvalue weighted by Gasteiger charge is -2.06. The Kier molecular flexibility index (Phi) is 2.81. The van der Waals surface area contributed by atoms with E-state index in [4.69, 9.17) is 23.7 Å². The number of nitrogens with one attached hydrogen (secondary N) is 1. The first-order chi connectivity index (χ1) is 6.11. The number of para-hydroxylation sites is 1. The Labute approximate surface area is 80.9 Å². The second-order valence-electron chi connectivity index (χ2n) is 2.40. The number of carbonyl (C=O) groups is 1. The van der Waals surface area contributed by atoms with Gasteiger partial charge in [-0.1, -0.05) is 24.4 Å². The Bertz CT molecular complexity index is 351. The van der Waals surface area contributed by atoms with Crippen LogP contribution in [0, 0.1) is 0 Å². The molecule has 0 aliphatic heterocycles. The molecule has 1 aromatic carbocycles. The van der Waals surface area contributed by atoms with Crippen LogP contribution >= 0.6 is 12.2 Å². The number of primary amides is 1. The smallest absolute Gasteiger partial charge is 0.316 e. The van der Waals surface area contributed by atoms with Gasteiger partial charge in [-0.2, -0.15) is 0 Å². The number of hydrogen-bond acceptors (Lipinski definition) is 2. The molecule has 0 saturated carbocycles. The van der Waals surface area contributed by atoms with E-state index in [0.717, 1.165) is 0 Å². The largest absolute Gasteiger partial charge is 0.389 e. The number of urea groups is 1. The van der Waals surface area contributed by atoms with Gasteiger partial charge in [0.15, 0.2) is 0 Å². The van der Waals surface area contributed by atoms with Gasteiger partial charge >= 0.3 is 6.03 Å². The summed E-state index contributed by atoms with van der Waals surface area (Å²) in [4.78, 5) is 10.8. The van der Waals surface area contributed by atoms with Gasteiger partial charge in [0.1, 0.15) is 4.99 Å². The molecule has 0 unspecified atom stereocenters. The van der Waals surface area contributed by atoms with E-state index in [-0.39, 0.29) is 4.99 Å². The molecule has 68 valence electrons. The number of rotatable bonds is 2. The van der Waals surface area contributed by atoms with E-state index in [1.54, 1.807) is 24.3 Å². The highest BCUT2D eigenvalue weighted by molar-refractivity contribution is 7.80. The molecular weight excluding hydrogens is 186 g/mol. The number of nitrogens with two attached hydrogens (primary N) is 2. The van der Waals surface area contributed by atoms with Gasteiger partial charge in [0.25, 0.3) is 0 Å². The molecule has 1 aromatic rings. The van der Waals surface area contributed by atoms with Crippen LogP contribution in [0.1, 0.15) is 5.56 Å². The van der Waals surface area contributed by atoms with Crippen molar-refractivity contribution in [2.75, 3.05) is 5.32 Å². The first-order valence-corrected chi connectivity index (χ1v) is 3.97. The van der Waals surface area contributed by atoms with Gasteiger partial charge in [0.2, 0.25) is 0 Å². The molecule has 2 amide bonds. The summed E-state index contributed by atoms with van der Waals surface area (Å²) in [5, 5.41) is 2.43. The third kappa shape index (κ3) is 2.41. The van der Waals surface area contributed by atoms with Gasteiger partial charge in [0, 0.05) is 5.56 Å². The Morgan fingerprint density at radius 2 is 1.92 bits per heavy atom. The Morgan fingerprint density at radius 3 is 2.46 bits per heavy atom. The van der Waals surface area contributed by atoms with E-state index in [1.807, 2.05) is 0 Å². The molecule has 0 aliphatic carbocycles. The Morgan fingerprint density at radius 1 is 1.31 bits per heavy atom. The van der Waals surface area contributed by atoms with Crippen LogP contribution in [-0.4, -0.2) is 11.0 Å². The molecule has 0 heterocycles. The minimum atomic E-state index is -0.635. The number of benzene rings is 1. The van der Waals surface area contributed by atoms with Gasteiger partial charge in [-0.25, -0.2) is 4.79 Å². The van der Waals surface area contributed by atoms with Crippen LogP contribution in [0.3, 0.4) is 0 Å². The summed E-state index contributed by atoms with van der Waals surface area (Å²) >= 11 is 4.79. The molecule has 0 aliphatic rings. The fraction of sp³-hybridized carbons (Fsp3) is 0. The molecular formula is C8H9N3OS. The number of amides is 2. The van der Waals surface area contributed by atoms with Crippen molar-refractivity contribution in [2.24, 2.45) is 11.5 Å². The van der Waals surface area contributed by atoms with Gasteiger partial charge in [-0.15, -0.1) is 0 Å². The molecule has 0 radical (unpaired) electrons. The second-order valence-corrected chi connectivity index (χ2v) is 2.84. The van der Waals surface area contributed by atoms with Gasteiger partial charge in [-0.3, -0.25) is 0 Å². The summed E-state index contributed by atoms with van der Waals surface area (Å²) in [6, 6.07) is 6.30. The number of anilines is 1. The van der Waals surface area contributed by atoms with Crippen LogP contribution in [0.15, 0.2) is 24.3 Å². The van der Waals surface area contributed by atoms with E-state index in [1.165, 1.54) is 0 Å². The van der Waals surface area contributed by atoms with E-state index < -0.39 is 6.03 Å². The quantitative estimate of drug-likeness (QED) is 0.611. The fourth-order valence-corrected chi connectivity index (χ4v) is 1.12. The average Bonchev–Trinajstić information content (AvgIpc) is 2.03. The van der Waals surface area contributed by atoms with Crippen LogP contribution < -0.4 is 16.8 Å². The van der Waals surface area contributed by atoms with Crippen LogP contribution in [0.4, 0.5) is 10.5 Å². The zero-order chi connectivity index (χ0) is 9.84. The molecule has 0 fully saturated rings. The molecule has 5 N–H and O–H groups in total. The monoisotopic (exact) mass is 195 g/mol. The van der Waals surface area contributed by atoms with Crippen LogP contribution in [-0.2, 0) is 0 Å². The van der Waals surface area contributed by atoms with Gasteiger partial charge in [0.05, 0.1) is 5.69 Å². The van der Waals surface area contributed by atoms with Crippen molar-refractivity contribution >= 4 is 28.9 Å². The van der Waals surface area contributed by atoms with Crippen molar-refractivity contribution in [1.82, 2.24) is 0 Å². The molecule has 0 atom stereocenters. The van der Waals surface area contributed by atoms with Crippen LogP contribution in [0.5, 0.6) is 0 Å². The third-order valence-electron chi connectivity index (χ3n) is 1.45. The predicted octanol–water partition coefficient (Wildman–Crippen LogP) is 0.811. The van der Waals surface area contributed by atoms with Crippen molar-refractivity contribution in [3.8, 4) is 0 Å². The predicted molar refractivity (Wildman–Crippen MR) is 55.5 cm³/mol. The Hall–Kier alpha value is -1.62. The first-order valence-electron chi connectivity index (χ1n) is 3.56. The molecule has 5 heteroatoms. The number of thiocarbonyl (C=S) groups is 1. The van der Waals surface area contributed by atoms with Crippen molar-refractivity contribution in [3.63, 3.8) is 0 Å². The van der Waals surface area contributed by atoms with Gasteiger partial charge < -0.3 is 16.8 Å². The van der Waals surface area contributed by atoms with Crippen molar-refractivity contribution in [1.29, 1.82) is 0 Å². The third-order valence-corrected chi connectivity index (χ3v) is 1.67. The van der Waals surface area contributed by atoms with E-state index >= 15 is 0 Å². The minimum absolute atomic E-state index is 0.226. The maximum atomic E-state index is 10.6. The standard InChI is InChI=1S/C8H9N3OS/c9-7(13)5-3-1-2-4-6(5)11-8(10)12/h1-4H,(H2,9,13)(H3,10,11,12). The summed E-state index contributed by atoms with van der Waals surface area (Å²) in [6.45, 7) is 0. The Balaban J connectivity index is 3.04. The molecule has 4 nitrogen and oxygen atoms in total. The van der Waals surface area contributed by atoms with E-state index in [9.17, 15) is 4.79 Å². The fourth-order valence-electron chi connectivity index (χ4n) is 0.940. The maximum Gasteiger partial charge on any atom is 0.316 e. The van der Waals surface area contributed by atoms with Gasteiger partial charge in [-0.05, 0) is 12.1 Å². The molecule has 13 heavy (non-hydrogen) atoms. The highest BCUT2D eigenvalue weighted by Gasteiger charge is 2.04. The topological polar surface area (TPSA) is 81.1 Å². The normalized spacial score (nSPS) is 9.23.